The van der Waals surface area contributed by atoms with E-state index in [-0.39, 0.29) is 6.54 Å². The third-order valence-electron chi connectivity index (χ3n) is 2.67. The quantitative estimate of drug-likeness (QED) is 0.834. The summed E-state index contributed by atoms with van der Waals surface area (Å²) in [4.78, 5) is 7.18. The molecule has 0 amide bonds. The van der Waals surface area contributed by atoms with E-state index in [4.69, 9.17) is 0 Å². The van der Waals surface area contributed by atoms with Gasteiger partial charge >= 0.3 is 0 Å². The molecule has 6 heteroatoms. The number of halogens is 2. The van der Waals surface area contributed by atoms with Crippen molar-refractivity contribution in [3.63, 3.8) is 0 Å². The summed E-state index contributed by atoms with van der Waals surface area (Å²) in [5.41, 5.74) is 1.01. The number of thiazole rings is 1. The van der Waals surface area contributed by atoms with Gasteiger partial charge in [0.1, 0.15) is 0 Å². The van der Waals surface area contributed by atoms with E-state index >= 15 is 0 Å². The average molecular weight is 291 g/mol. The van der Waals surface area contributed by atoms with Crippen LogP contribution in [0.2, 0.25) is 0 Å². The number of nitrogens with one attached hydrogen (secondary N) is 1. The van der Waals surface area contributed by atoms with Crippen LogP contribution in [0.15, 0.2) is 0 Å². The highest BCUT2D eigenvalue weighted by atomic mass is 32.1. The summed E-state index contributed by atoms with van der Waals surface area (Å²) >= 11 is 1.50. The Morgan fingerprint density at radius 2 is 1.89 bits per heavy atom. The molecular formula is C13H23F2N3S. The van der Waals surface area contributed by atoms with Gasteiger partial charge in [0, 0.05) is 24.5 Å². The van der Waals surface area contributed by atoms with Crippen LogP contribution in [-0.2, 0) is 6.54 Å². The van der Waals surface area contributed by atoms with E-state index in [1.807, 2.05) is 0 Å². The summed E-state index contributed by atoms with van der Waals surface area (Å²) in [6, 6.07) is 0.393. The normalized spacial score (nSPS) is 11.9. The zero-order valence-electron chi connectivity index (χ0n) is 12.2. The maximum atomic E-state index is 12.4. The number of rotatable bonds is 7. The van der Waals surface area contributed by atoms with Crippen LogP contribution in [0.25, 0.3) is 0 Å². The highest BCUT2D eigenvalue weighted by Gasteiger charge is 2.18. The Morgan fingerprint density at radius 1 is 1.26 bits per heavy atom. The summed E-state index contributed by atoms with van der Waals surface area (Å²) in [6.07, 6.45) is -2.34. The van der Waals surface area contributed by atoms with Gasteiger partial charge in [-0.2, -0.15) is 0 Å². The van der Waals surface area contributed by atoms with Gasteiger partial charge in [0.15, 0.2) is 5.13 Å². The van der Waals surface area contributed by atoms with E-state index in [0.29, 0.717) is 17.1 Å². The van der Waals surface area contributed by atoms with Gasteiger partial charge in [-0.05, 0) is 5.92 Å². The van der Waals surface area contributed by atoms with E-state index in [2.05, 4.69) is 38.0 Å². The Hall–Kier alpha value is -0.750. The Kier molecular flexibility index (Phi) is 6.13. The first kappa shape index (κ1) is 16.3. The van der Waals surface area contributed by atoms with E-state index in [1.165, 1.54) is 16.2 Å². The molecule has 1 heterocycles. The number of anilines is 1. The van der Waals surface area contributed by atoms with E-state index in [9.17, 15) is 8.78 Å². The molecule has 0 atom stereocenters. The van der Waals surface area contributed by atoms with Crippen molar-refractivity contribution >= 4 is 16.5 Å². The molecule has 1 aromatic rings. The molecule has 1 aromatic heterocycles. The fraction of sp³-hybridized carbons (Fsp3) is 0.769. The van der Waals surface area contributed by atoms with Gasteiger partial charge in [0.2, 0.25) is 0 Å². The highest BCUT2D eigenvalue weighted by Crippen LogP contribution is 2.30. The smallest absolute Gasteiger partial charge is 0.255 e. The molecule has 0 aliphatic heterocycles. The van der Waals surface area contributed by atoms with E-state index in [1.54, 1.807) is 7.05 Å². The van der Waals surface area contributed by atoms with Crippen LogP contribution in [0.5, 0.6) is 0 Å². The summed E-state index contributed by atoms with van der Waals surface area (Å²) in [6.45, 7) is 8.78. The van der Waals surface area contributed by atoms with Crippen LogP contribution in [-0.4, -0.2) is 31.0 Å². The van der Waals surface area contributed by atoms with Crippen molar-refractivity contribution in [2.24, 2.45) is 0 Å². The minimum Gasteiger partial charge on any atom is -0.345 e. The average Bonchev–Trinajstić information content (AvgIpc) is 2.69. The van der Waals surface area contributed by atoms with Crippen LogP contribution in [0.3, 0.4) is 0 Å². The molecule has 0 saturated heterocycles. The number of hydrogen-bond acceptors (Lipinski definition) is 4. The zero-order chi connectivity index (χ0) is 14.6. The van der Waals surface area contributed by atoms with Crippen molar-refractivity contribution in [3.8, 4) is 0 Å². The molecule has 0 radical (unpaired) electrons. The van der Waals surface area contributed by atoms with Crippen molar-refractivity contribution < 1.29 is 8.78 Å². The summed E-state index contributed by atoms with van der Waals surface area (Å²) in [7, 11) is 1.66. The van der Waals surface area contributed by atoms with E-state index in [0.717, 1.165) is 17.1 Å². The second-order valence-electron chi connectivity index (χ2n) is 5.27. The van der Waals surface area contributed by atoms with Crippen LogP contribution in [0.1, 0.15) is 44.2 Å². The topological polar surface area (TPSA) is 28.2 Å². The highest BCUT2D eigenvalue weighted by molar-refractivity contribution is 7.15. The second kappa shape index (κ2) is 7.14. The molecule has 1 rings (SSSR count). The molecule has 0 fully saturated rings. The molecular weight excluding hydrogens is 268 g/mol. The molecule has 0 saturated carbocycles. The van der Waals surface area contributed by atoms with Crippen LogP contribution in [0, 0.1) is 0 Å². The van der Waals surface area contributed by atoms with Crippen molar-refractivity contribution in [1.29, 1.82) is 0 Å². The molecule has 0 aliphatic carbocycles. The van der Waals surface area contributed by atoms with Crippen molar-refractivity contribution in [1.82, 2.24) is 10.3 Å². The number of hydrogen-bond donors (Lipinski definition) is 1. The summed E-state index contributed by atoms with van der Waals surface area (Å²) in [5, 5.41) is 4.02. The third kappa shape index (κ3) is 5.03. The molecule has 1 N–H and O–H groups in total. The Morgan fingerprint density at radius 3 is 2.37 bits per heavy atom. The third-order valence-corrected chi connectivity index (χ3v) is 3.86. The maximum absolute atomic E-state index is 12.4. The summed E-state index contributed by atoms with van der Waals surface area (Å²) in [5.74, 6) is 0.300. The number of alkyl halides is 2. The lowest BCUT2D eigenvalue weighted by Crippen LogP contribution is -2.23. The lowest BCUT2D eigenvalue weighted by atomic mass is 10.1. The Balaban J connectivity index is 2.87. The summed E-state index contributed by atoms with van der Waals surface area (Å²) < 4.78 is 24.8. The Labute approximate surface area is 118 Å². The van der Waals surface area contributed by atoms with Crippen molar-refractivity contribution in [2.45, 2.75) is 52.6 Å². The number of aromatic nitrogens is 1. The monoisotopic (exact) mass is 291 g/mol. The first-order valence-corrected chi connectivity index (χ1v) is 7.35. The van der Waals surface area contributed by atoms with Gasteiger partial charge in [-0.15, -0.1) is 11.3 Å². The molecule has 0 bridgehead atoms. The van der Waals surface area contributed by atoms with Gasteiger partial charge in [-0.25, -0.2) is 13.8 Å². The molecule has 0 aliphatic rings. The standard InChI is InChI=1S/C13H23F2N3S/c1-8(2)12-10(6-16-9(3)4)19-13(17-12)18(5)7-11(14)15/h8-9,11,16H,6-7H2,1-5H3. The zero-order valence-corrected chi connectivity index (χ0v) is 13.0. The first-order valence-electron chi connectivity index (χ1n) is 6.53. The minimum absolute atomic E-state index is 0.276. The Bertz CT molecular complexity index is 391. The van der Waals surface area contributed by atoms with Crippen molar-refractivity contribution in [2.75, 3.05) is 18.5 Å². The van der Waals surface area contributed by atoms with Crippen molar-refractivity contribution in [3.05, 3.63) is 10.6 Å². The van der Waals surface area contributed by atoms with E-state index < -0.39 is 6.43 Å². The molecule has 0 spiro atoms. The fourth-order valence-corrected chi connectivity index (χ4v) is 2.81. The predicted octanol–water partition coefficient (Wildman–Crippen LogP) is 3.47. The molecule has 3 nitrogen and oxygen atoms in total. The minimum atomic E-state index is -2.34. The first-order chi connectivity index (χ1) is 8.81. The van der Waals surface area contributed by atoms with Crippen LogP contribution < -0.4 is 10.2 Å². The lowest BCUT2D eigenvalue weighted by Gasteiger charge is -2.14. The van der Waals surface area contributed by atoms with Crippen LogP contribution in [0.4, 0.5) is 13.9 Å². The SMILES string of the molecule is CC(C)NCc1sc(N(C)CC(F)F)nc1C(C)C. The van der Waals surface area contributed by atoms with Gasteiger partial charge < -0.3 is 10.2 Å². The lowest BCUT2D eigenvalue weighted by molar-refractivity contribution is 0.156. The fourth-order valence-electron chi connectivity index (χ4n) is 1.67. The second-order valence-corrected chi connectivity index (χ2v) is 6.33. The molecule has 19 heavy (non-hydrogen) atoms. The molecule has 0 unspecified atom stereocenters. The molecule has 0 aromatic carbocycles. The van der Waals surface area contributed by atoms with Gasteiger partial charge in [-0.3, -0.25) is 0 Å². The van der Waals surface area contributed by atoms with Gasteiger partial charge in [0.05, 0.1) is 12.2 Å². The van der Waals surface area contributed by atoms with Gasteiger partial charge in [0.25, 0.3) is 6.43 Å². The largest absolute Gasteiger partial charge is 0.345 e. The number of nitrogens with zero attached hydrogens (tertiary/aromatic N) is 2. The maximum Gasteiger partial charge on any atom is 0.255 e. The van der Waals surface area contributed by atoms with Crippen LogP contribution >= 0.6 is 11.3 Å². The molecule has 110 valence electrons. The predicted molar refractivity (Wildman–Crippen MR) is 77.5 cm³/mol. The van der Waals surface area contributed by atoms with Gasteiger partial charge in [-0.1, -0.05) is 27.7 Å².